The molecule has 5 fully saturated rings. The second kappa shape index (κ2) is 4.46. The van der Waals surface area contributed by atoms with Crippen molar-refractivity contribution in [1.82, 2.24) is 0 Å². The summed E-state index contributed by atoms with van der Waals surface area (Å²) in [6.07, 6.45) is 11.2. The van der Waals surface area contributed by atoms with Crippen molar-refractivity contribution in [3.63, 3.8) is 0 Å². The summed E-state index contributed by atoms with van der Waals surface area (Å²) < 4.78 is 0. The van der Waals surface area contributed by atoms with Crippen molar-refractivity contribution in [1.29, 1.82) is 0 Å². The van der Waals surface area contributed by atoms with Gasteiger partial charge in [-0.1, -0.05) is 0 Å². The van der Waals surface area contributed by atoms with Gasteiger partial charge >= 0.3 is 0 Å². The molecule has 4 saturated carbocycles. The highest BCUT2D eigenvalue weighted by Gasteiger charge is 2.56. The second-order valence-corrected chi connectivity index (χ2v) is 8.38. The van der Waals surface area contributed by atoms with E-state index in [1.807, 2.05) is 0 Å². The van der Waals surface area contributed by atoms with Crippen LogP contribution in [0.1, 0.15) is 58.3 Å². The minimum atomic E-state index is -0.0333. The number of aliphatic hydroxyl groups is 1. The van der Waals surface area contributed by atoms with Crippen molar-refractivity contribution >= 4 is 0 Å². The van der Waals surface area contributed by atoms with Crippen LogP contribution in [0.25, 0.3) is 0 Å². The minimum Gasteiger partial charge on any atom is -0.386 e. The molecule has 1 saturated heterocycles. The van der Waals surface area contributed by atoms with E-state index in [0.717, 1.165) is 17.8 Å². The molecule has 2 nitrogen and oxygen atoms in total. The lowest BCUT2D eigenvalue weighted by molar-refractivity contribution is -0.916. The van der Waals surface area contributed by atoms with Crippen LogP contribution in [0.5, 0.6) is 0 Å². The Morgan fingerprint density at radius 1 is 0.947 bits per heavy atom. The van der Waals surface area contributed by atoms with Crippen molar-refractivity contribution in [3.8, 4) is 0 Å². The average molecular weight is 264 g/mol. The van der Waals surface area contributed by atoms with Gasteiger partial charge in [0.2, 0.25) is 0 Å². The van der Waals surface area contributed by atoms with Gasteiger partial charge in [0.1, 0.15) is 12.1 Å². The van der Waals surface area contributed by atoms with Gasteiger partial charge in [0.15, 0.2) is 0 Å². The van der Waals surface area contributed by atoms with Gasteiger partial charge in [-0.3, -0.25) is 0 Å². The molecule has 2 heteroatoms. The summed E-state index contributed by atoms with van der Waals surface area (Å²) in [6, 6.07) is 0.471. The quantitative estimate of drug-likeness (QED) is 0.796. The Kier molecular flexibility index (Phi) is 2.97. The van der Waals surface area contributed by atoms with E-state index in [1.165, 1.54) is 64.5 Å². The van der Waals surface area contributed by atoms with Crippen molar-refractivity contribution in [2.24, 2.45) is 23.2 Å². The van der Waals surface area contributed by atoms with Crippen LogP contribution in [0.3, 0.4) is 0 Å². The first-order valence-electron chi connectivity index (χ1n) is 8.69. The predicted molar refractivity (Wildman–Crippen MR) is 76.0 cm³/mol. The van der Waals surface area contributed by atoms with E-state index in [-0.39, 0.29) is 6.10 Å². The van der Waals surface area contributed by atoms with Crippen molar-refractivity contribution in [2.45, 2.75) is 70.4 Å². The van der Waals surface area contributed by atoms with Gasteiger partial charge in [-0.05, 0) is 63.2 Å². The monoisotopic (exact) mass is 264 g/mol. The summed E-state index contributed by atoms with van der Waals surface area (Å²) in [5, 5.41) is 11.1. The molecule has 108 valence electrons. The van der Waals surface area contributed by atoms with Gasteiger partial charge < -0.3 is 10.0 Å². The first-order chi connectivity index (χ1) is 9.16. The van der Waals surface area contributed by atoms with E-state index in [4.69, 9.17) is 0 Å². The number of hydrogen-bond acceptors (Lipinski definition) is 1. The summed E-state index contributed by atoms with van der Waals surface area (Å²) in [5.74, 6) is 2.88. The van der Waals surface area contributed by atoms with E-state index in [0.29, 0.717) is 11.5 Å². The van der Waals surface area contributed by atoms with E-state index in [2.05, 4.69) is 6.92 Å². The van der Waals surface area contributed by atoms with Gasteiger partial charge in [0, 0.05) is 18.3 Å². The lowest BCUT2D eigenvalue weighted by Gasteiger charge is -2.59. The second-order valence-electron chi connectivity index (χ2n) is 8.38. The molecule has 5 aliphatic rings. The largest absolute Gasteiger partial charge is 0.386 e. The maximum absolute atomic E-state index is 11.1. The third-order valence-electron chi connectivity index (χ3n) is 7.08. The van der Waals surface area contributed by atoms with Crippen LogP contribution >= 0.6 is 0 Å². The molecule has 0 spiro atoms. The fraction of sp³-hybridized carbons (Fsp3) is 1.00. The highest BCUT2D eigenvalue weighted by molar-refractivity contribution is 5.05. The first kappa shape index (κ1) is 12.6. The maximum Gasteiger partial charge on any atom is 0.111 e. The molecule has 0 amide bonds. The van der Waals surface area contributed by atoms with Crippen LogP contribution in [0.4, 0.5) is 0 Å². The molecule has 19 heavy (non-hydrogen) atoms. The fourth-order valence-electron chi connectivity index (χ4n) is 6.58. The number of hydrogen-bond donors (Lipinski definition) is 2. The van der Waals surface area contributed by atoms with Crippen LogP contribution in [0.15, 0.2) is 0 Å². The van der Waals surface area contributed by atoms with Crippen molar-refractivity contribution in [2.75, 3.05) is 13.1 Å². The summed E-state index contributed by atoms with van der Waals surface area (Å²) in [4.78, 5) is 1.68. The first-order valence-corrected chi connectivity index (χ1v) is 8.69. The Hall–Kier alpha value is -0.0800. The Labute approximate surface area is 117 Å². The lowest BCUT2D eigenvalue weighted by atomic mass is 9.47. The zero-order valence-corrected chi connectivity index (χ0v) is 12.4. The predicted octanol–water partition coefficient (Wildman–Crippen LogP) is 1.63. The van der Waals surface area contributed by atoms with E-state index in [9.17, 15) is 5.11 Å². The van der Waals surface area contributed by atoms with E-state index >= 15 is 0 Å². The van der Waals surface area contributed by atoms with Crippen LogP contribution in [0, 0.1) is 23.2 Å². The standard InChI is InChI=1S/C17H29NO/c1-12(18-4-2-3-5-18)16(19)17-9-13-6-14(10-17)8-15(7-13)11-17/h12-16,19H,2-11H2,1H3/p+1/t12-,13?,14?,15?,16-,17?/m0/s1. The van der Waals surface area contributed by atoms with E-state index < -0.39 is 0 Å². The lowest BCUT2D eigenvalue weighted by Crippen LogP contribution is -3.15. The van der Waals surface area contributed by atoms with Gasteiger partial charge in [-0.15, -0.1) is 0 Å². The van der Waals surface area contributed by atoms with Crippen LogP contribution < -0.4 is 4.90 Å². The number of aliphatic hydroxyl groups excluding tert-OH is 1. The molecule has 4 aliphatic carbocycles. The molecule has 0 radical (unpaired) electrons. The molecule has 0 aromatic heterocycles. The topological polar surface area (TPSA) is 24.7 Å². The fourth-order valence-corrected chi connectivity index (χ4v) is 6.58. The molecule has 4 bridgehead atoms. The van der Waals surface area contributed by atoms with Gasteiger partial charge in [0.25, 0.3) is 0 Å². The normalized spacial score (nSPS) is 48.6. The number of nitrogens with one attached hydrogen (secondary N) is 1. The van der Waals surface area contributed by atoms with Gasteiger partial charge in [-0.2, -0.15) is 0 Å². The molecular weight excluding hydrogens is 234 g/mol. The number of quaternary nitrogens is 1. The molecular formula is C17H30NO+. The summed E-state index contributed by atoms with van der Waals surface area (Å²) in [7, 11) is 0. The summed E-state index contributed by atoms with van der Waals surface area (Å²) in [5.41, 5.74) is 0.323. The SMILES string of the molecule is C[C@@H]([C@H](O)C12CC3CC(CC(C3)C1)C2)[NH+]1CCCC1. The van der Waals surface area contributed by atoms with Gasteiger partial charge in [-0.25, -0.2) is 0 Å². The Balaban J connectivity index is 1.53. The van der Waals surface area contributed by atoms with Crippen molar-refractivity contribution in [3.05, 3.63) is 0 Å². The molecule has 2 atom stereocenters. The number of likely N-dealkylation sites (tertiary alicyclic amines) is 1. The highest BCUT2D eigenvalue weighted by atomic mass is 16.3. The molecule has 0 aromatic rings. The number of rotatable bonds is 3. The smallest absolute Gasteiger partial charge is 0.111 e. The molecule has 1 heterocycles. The molecule has 0 aromatic carbocycles. The van der Waals surface area contributed by atoms with Crippen LogP contribution in [0.2, 0.25) is 0 Å². The zero-order valence-electron chi connectivity index (χ0n) is 12.4. The summed E-state index contributed by atoms with van der Waals surface area (Å²) >= 11 is 0. The maximum atomic E-state index is 11.1. The van der Waals surface area contributed by atoms with Crippen LogP contribution in [-0.2, 0) is 0 Å². The molecule has 1 aliphatic heterocycles. The van der Waals surface area contributed by atoms with Crippen LogP contribution in [-0.4, -0.2) is 30.3 Å². The van der Waals surface area contributed by atoms with Crippen molar-refractivity contribution < 1.29 is 10.0 Å². The molecule has 0 unspecified atom stereocenters. The Morgan fingerprint density at radius 3 is 1.89 bits per heavy atom. The third kappa shape index (κ3) is 1.98. The third-order valence-corrected chi connectivity index (χ3v) is 7.08. The van der Waals surface area contributed by atoms with Gasteiger partial charge in [0.05, 0.1) is 13.1 Å². The Bertz CT molecular complexity index is 312. The summed E-state index contributed by atoms with van der Waals surface area (Å²) in [6.45, 7) is 4.92. The zero-order chi connectivity index (χ0) is 13.0. The highest BCUT2D eigenvalue weighted by Crippen LogP contribution is 2.61. The average Bonchev–Trinajstić information content (AvgIpc) is 2.89. The van der Waals surface area contributed by atoms with E-state index in [1.54, 1.807) is 4.90 Å². The molecule has 2 N–H and O–H groups in total. The Morgan fingerprint density at radius 2 is 1.42 bits per heavy atom. The minimum absolute atomic E-state index is 0.0333. The molecule has 5 rings (SSSR count).